The van der Waals surface area contributed by atoms with Gasteiger partial charge in [-0.3, -0.25) is 0 Å². The van der Waals surface area contributed by atoms with Gasteiger partial charge in [-0.15, -0.1) is 0 Å². The first-order valence-electron chi connectivity index (χ1n) is 20.6. The van der Waals surface area contributed by atoms with Crippen LogP contribution in [0, 0.1) is 0 Å². The van der Waals surface area contributed by atoms with Crippen LogP contribution in [0.25, 0.3) is 65.3 Å². The molecule has 0 unspecified atom stereocenters. The van der Waals surface area contributed by atoms with E-state index in [2.05, 4.69) is 0 Å². The summed E-state index contributed by atoms with van der Waals surface area (Å²) in [6, 6.07) is -16.0. The molecule has 0 amide bonds. The SMILES string of the molecule is [2H]c1cc2c([2H])c([2H])c([2H])c(-c3c4c([2H])c([2H])c([2H])c([2H])c4c(-c4c([2H])c([2H])c([2H])c5c([2H])c([2H])c([2H])c([2H])c45)c4c([2H])c([2H])c([2H])c([2H])c34)c2c([2H])c1[2H]. The van der Waals surface area contributed by atoms with Crippen LogP contribution >= 0.6 is 0 Å². The van der Waals surface area contributed by atoms with Crippen molar-refractivity contribution in [1.29, 1.82) is 0 Å². The summed E-state index contributed by atoms with van der Waals surface area (Å²) >= 11 is 0. The van der Waals surface area contributed by atoms with Crippen LogP contribution in [-0.4, -0.2) is 0 Å². The molecular weight excluding hydrogens is 408 g/mol. The van der Waals surface area contributed by atoms with Gasteiger partial charge in [-0.1, -0.05) is 133 Å². The molecule has 0 aliphatic heterocycles. The number of benzene rings is 7. The highest BCUT2D eigenvalue weighted by Gasteiger charge is 2.18. The molecule has 0 atom stereocenters. The van der Waals surface area contributed by atoms with Crippen molar-refractivity contribution in [3.8, 4) is 22.3 Å². The van der Waals surface area contributed by atoms with Crippen molar-refractivity contribution in [2.45, 2.75) is 0 Å². The molecule has 0 saturated heterocycles. The Morgan fingerprint density at radius 2 is 0.706 bits per heavy atom. The van der Waals surface area contributed by atoms with E-state index in [1.165, 1.54) is 0 Å². The maximum Gasteiger partial charge on any atom is 0.0629 e. The van der Waals surface area contributed by atoms with Gasteiger partial charge >= 0.3 is 0 Å². The third kappa shape index (κ3) is 2.79. The van der Waals surface area contributed by atoms with Gasteiger partial charge in [0, 0.05) is 0 Å². The van der Waals surface area contributed by atoms with Crippen LogP contribution in [0.5, 0.6) is 0 Å². The first-order valence-corrected chi connectivity index (χ1v) is 10.1. The second-order valence-electron chi connectivity index (χ2n) is 7.33. The third-order valence-electron chi connectivity index (χ3n) is 5.57. The molecule has 7 rings (SSSR count). The number of hydrogen-bond acceptors (Lipinski definition) is 0. The fourth-order valence-corrected chi connectivity index (χ4v) is 4.18. The molecule has 0 aromatic heterocycles. The zero-order valence-corrected chi connectivity index (χ0v) is 17.1. The van der Waals surface area contributed by atoms with Crippen molar-refractivity contribution in [2.75, 3.05) is 0 Å². The Balaban J connectivity index is 1.99. The van der Waals surface area contributed by atoms with Gasteiger partial charge in [-0.05, 0) is 65.3 Å². The van der Waals surface area contributed by atoms with E-state index in [1.807, 2.05) is 0 Å². The van der Waals surface area contributed by atoms with Gasteiger partial charge in [-0.2, -0.15) is 0 Å². The minimum absolute atomic E-state index is 0.283. The molecule has 158 valence electrons. The van der Waals surface area contributed by atoms with E-state index in [0.29, 0.717) is 0 Å². The Hall–Kier alpha value is -4.42. The highest BCUT2D eigenvalue weighted by Crippen LogP contribution is 2.46. The quantitative estimate of drug-likeness (QED) is 0.229. The molecule has 7 aromatic carbocycles. The zero-order chi connectivity index (χ0) is 40.8. The molecule has 0 saturated carbocycles. The second-order valence-corrected chi connectivity index (χ2v) is 7.33. The normalized spacial score (nSPS) is 20.2. The summed E-state index contributed by atoms with van der Waals surface area (Å²) in [4.78, 5) is 0. The molecule has 0 nitrogen and oxygen atoms in total. The van der Waals surface area contributed by atoms with E-state index in [0.717, 1.165) is 6.07 Å². The molecule has 0 aliphatic rings. The smallest absolute Gasteiger partial charge is 0.0616 e. The van der Waals surface area contributed by atoms with Gasteiger partial charge in [0.25, 0.3) is 0 Å². The lowest BCUT2D eigenvalue weighted by atomic mass is 9.84. The molecule has 0 radical (unpaired) electrons. The van der Waals surface area contributed by atoms with Crippen LogP contribution in [0.4, 0.5) is 0 Å². The lowest BCUT2D eigenvalue weighted by molar-refractivity contribution is 1.68. The second kappa shape index (κ2) is 7.57. The average Bonchev–Trinajstić information content (AvgIpc) is 3.15. The maximum atomic E-state index is 9.23. The molecule has 0 aliphatic carbocycles. The number of fused-ring (bicyclic) bond motifs is 4. The molecule has 7 aromatic rings. The lowest BCUT2D eigenvalue weighted by Crippen LogP contribution is -1.92. The largest absolute Gasteiger partial charge is 0.0629 e. The van der Waals surface area contributed by atoms with Gasteiger partial charge in [0.2, 0.25) is 0 Å². The average molecular weight is 452 g/mol. The fraction of sp³-hybridized carbons (Fsp3) is 0. The van der Waals surface area contributed by atoms with Crippen molar-refractivity contribution in [1.82, 2.24) is 0 Å². The Morgan fingerprint density at radius 3 is 1.26 bits per heavy atom. The molecule has 0 N–H and O–H groups in total. The van der Waals surface area contributed by atoms with Crippen LogP contribution in [0.1, 0.15) is 28.8 Å². The molecular formula is C34H22. The van der Waals surface area contributed by atoms with Gasteiger partial charge < -0.3 is 0 Å². The first kappa shape index (κ1) is 7.55. The van der Waals surface area contributed by atoms with Gasteiger partial charge in [0.05, 0.1) is 28.8 Å². The summed E-state index contributed by atoms with van der Waals surface area (Å²) in [5.41, 5.74) is -2.28. The predicted molar refractivity (Wildman–Crippen MR) is 147 cm³/mol. The van der Waals surface area contributed by atoms with Crippen LogP contribution < -0.4 is 0 Å². The first-order chi connectivity index (χ1) is 25.6. The van der Waals surface area contributed by atoms with E-state index >= 15 is 0 Å². The van der Waals surface area contributed by atoms with Crippen molar-refractivity contribution < 1.29 is 28.8 Å². The molecule has 34 heavy (non-hydrogen) atoms. The third-order valence-corrected chi connectivity index (χ3v) is 5.57. The van der Waals surface area contributed by atoms with Gasteiger partial charge in [0.1, 0.15) is 0 Å². The molecule has 0 heteroatoms. The Morgan fingerprint density at radius 1 is 0.324 bits per heavy atom. The Kier molecular flexibility index (Phi) is 1.68. The highest BCUT2D eigenvalue weighted by atomic mass is 14.2. The van der Waals surface area contributed by atoms with E-state index in [4.69, 9.17) is 23.3 Å². The van der Waals surface area contributed by atoms with E-state index in [-0.39, 0.29) is 5.39 Å². The zero-order valence-electron chi connectivity index (χ0n) is 38.1. The van der Waals surface area contributed by atoms with Crippen LogP contribution in [0.15, 0.2) is 133 Å². The summed E-state index contributed by atoms with van der Waals surface area (Å²) in [6.07, 6.45) is 0. The van der Waals surface area contributed by atoms with Gasteiger partial charge in [0.15, 0.2) is 0 Å². The van der Waals surface area contributed by atoms with E-state index < -0.39 is 187 Å². The summed E-state index contributed by atoms with van der Waals surface area (Å²) in [6.45, 7) is 0. The Bertz CT molecular complexity index is 2900. The fourth-order valence-electron chi connectivity index (χ4n) is 4.18. The molecule has 0 fully saturated rings. The van der Waals surface area contributed by atoms with Crippen molar-refractivity contribution in [2.24, 2.45) is 0 Å². The van der Waals surface area contributed by atoms with E-state index in [1.54, 1.807) is 0 Å². The predicted octanol–water partition coefficient (Wildman–Crippen LogP) is 9.63. The molecule has 0 spiro atoms. The van der Waals surface area contributed by atoms with E-state index in [9.17, 15) is 5.48 Å². The van der Waals surface area contributed by atoms with Crippen LogP contribution in [-0.2, 0) is 0 Å². The lowest BCUT2D eigenvalue weighted by Gasteiger charge is -2.19. The minimum Gasteiger partial charge on any atom is -0.0616 e. The van der Waals surface area contributed by atoms with Crippen molar-refractivity contribution in [3.05, 3.63) is 133 Å². The highest BCUT2D eigenvalue weighted by molar-refractivity contribution is 6.25. The standard InChI is InChI=1S/C34H22/c1-3-15-25-23(11-1)13-9-21-27(25)33-29-17-5-7-19-31(29)34(32-20-8-6-18-30(32)33)28-22-10-14-24-12-2-4-16-26(24)28/h1-22H/i1D,2D,3D,4D,5D,6D,7D,8D,9D,10D,11D,13D,14D,15D,16D,17D,18D,19D,20D,21D,22D. The molecule has 0 bridgehead atoms. The van der Waals surface area contributed by atoms with Crippen LogP contribution in [0.2, 0.25) is 0 Å². The molecule has 0 heterocycles. The van der Waals surface area contributed by atoms with Crippen molar-refractivity contribution in [3.63, 3.8) is 0 Å². The summed E-state index contributed by atoms with van der Waals surface area (Å²) < 4.78 is 184. The van der Waals surface area contributed by atoms with Gasteiger partial charge in [-0.25, -0.2) is 0 Å². The van der Waals surface area contributed by atoms with Crippen molar-refractivity contribution >= 4 is 43.1 Å². The topological polar surface area (TPSA) is 0 Å². The minimum atomic E-state index is -0.891. The summed E-state index contributed by atoms with van der Waals surface area (Å²) in [5, 5.41) is -4.15. The Labute approximate surface area is 228 Å². The summed E-state index contributed by atoms with van der Waals surface area (Å²) in [5.74, 6) is 0. The number of hydrogen-bond donors (Lipinski definition) is 0. The monoisotopic (exact) mass is 451 g/mol. The maximum absolute atomic E-state index is 9.23. The summed E-state index contributed by atoms with van der Waals surface area (Å²) in [7, 11) is 0. The number of rotatable bonds is 2. The van der Waals surface area contributed by atoms with Crippen LogP contribution in [0.3, 0.4) is 0 Å².